The van der Waals surface area contributed by atoms with Gasteiger partial charge in [-0.05, 0) is 29.2 Å². The molecule has 6 nitrogen and oxygen atoms in total. The smallest absolute Gasteiger partial charge is 0.227 e. The zero-order chi connectivity index (χ0) is 17.8. The molecule has 0 saturated heterocycles. The summed E-state index contributed by atoms with van der Waals surface area (Å²) in [4.78, 5) is 16.4. The summed E-state index contributed by atoms with van der Waals surface area (Å²) in [7, 11) is 0. The van der Waals surface area contributed by atoms with Crippen molar-refractivity contribution in [2.45, 2.75) is 19.5 Å². The number of ether oxygens (including phenoxy) is 1. The number of nitrogens with zero attached hydrogens (tertiary/aromatic N) is 3. The lowest BCUT2D eigenvalue weighted by Crippen LogP contribution is -2.37. The van der Waals surface area contributed by atoms with Gasteiger partial charge in [0.2, 0.25) is 5.91 Å². The van der Waals surface area contributed by atoms with Gasteiger partial charge in [-0.3, -0.25) is 4.79 Å². The van der Waals surface area contributed by atoms with E-state index in [9.17, 15) is 4.79 Å². The van der Waals surface area contributed by atoms with Crippen LogP contribution >= 0.6 is 0 Å². The molecule has 0 saturated carbocycles. The zero-order valence-corrected chi connectivity index (χ0v) is 14.3. The molecule has 1 N–H and O–H groups in total. The highest BCUT2D eigenvalue weighted by molar-refractivity contribution is 5.79. The van der Waals surface area contributed by atoms with E-state index in [1.165, 1.54) is 6.33 Å². The standard InChI is InChI=1S/C20H20N4O2/c25-20(18-9-17-3-1-2-4-19(17)26-12-18)22-10-15-5-7-16(8-6-15)11-24-14-21-13-23-24/h1-8,13-14,18H,9-12H2,(H,22,25). The van der Waals surface area contributed by atoms with Gasteiger partial charge in [0.05, 0.1) is 12.5 Å². The first-order valence-corrected chi connectivity index (χ1v) is 8.66. The van der Waals surface area contributed by atoms with Crippen molar-refractivity contribution in [1.29, 1.82) is 0 Å². The molecular weight excluding hydrogens is 328 g/mol. The molecule has 1 aromatic heterocycles. The molecule has 2 aromatic carbocycles. The number of hydrogen-bond donors (Lipinski definition) is 1. The van der Waals surface area contributed by atoms with Crippen molar-refractivity contribution in [3.8, 4) is 5.75 Å². The van der Waals surface area contributed by atoms with Crippen molar-refractivity contribution in [3.63, 3.8) is 0 Å². The third kappa shape index (κ3) is 3.74. The van der Waals surface area contributed by atoms with Crippen LogP contribution < -0.4 is 10.1 Å². The van der Waals surface area contributed by atoms with Gasteiger partial charge < -0.3 is 10.1 Å². The monoisotopic (exact) mass is 348 g/mol. The predicted octanol–water partition coefficient (Wildman–Crippen LogP) is 2.19. The zero-order valence-electron chi connectivity index (χ0n) is 14.3. The number of rotatable bonds is 5. The Morgan fingerprint density at radius 3 is 2.77 bits per heavy atom. The first-order chi connectivity index (χ1) is 12.8. The molecule has 0 radical (unpaired) electrons. The minimum Gasteiger partial charge on any atom is -0.492 e. The van der Waals surface area contributed by atoms with Crippen LogP contribution in [0.25, 0.3) is 0 Å². The summed E-state index contributed by atoms with van der Waals surface area (Å²) < 4.78 is 7.48. The number of para-hydroxylation sites is 1. The molecular formula is C20H20N4O2. The number of aromatic nitrogens is 3. The molecule has 1 atom stereocenters. The topological polar surface area (TPSA) is 69.0 Å². The summed E-state index contributed by atoms with van der Waals surface area (Å²) in [6.45, 7) is 1.63. The van der Waals surface area contributed by atoms with Crippen LogP contribution in [0.3, 0.4) is 0 Å². The number of amides is 1. The van der Waals surface area contributed by atoms with E-state index < -0.39 is 0 Å². The Bertz CT molecular complexity index is 875. The SMILES string of the molecule is O=C(NCc1ccc(Cn2cncn2)cc1)C1COc2ccccc2C1. The van der Waals surface area contributed by atoms with Gasteiger partial charge >= 0.3 is 0 Å². The van der Waals surface area contributed by atoms with E-state index in [1.807, 2.05) is 48.5 Å². The number of carbonyl (C=O) groups excluding carboxylic acids is 1. The molecule has 1 aliphatic heterocycles. The lowest BCUT2D eigenvalue weighted by Gasteiger charge is -2.24. The summed E-state index contributed by atoms with van der Waals surface area (Å²) in [6.07, 6.45) is 3.94. The van der Waals surface area contributed by atoms with Gasteiger partial charge in [-0.25, -0.2) is 9.67 Å². The third-order valence-corrected chi connectivity index (χ3v) is 4.55. The van der Waals surface area contributed by atoms with E-state index in [-0.39, 0.29) is 11.8 Å². The van der Waals surface area contributed by atoms with Gasteiger partial charge in [0.25, 0.3) is 0 Å². The fourth-order valence-electron chi connectivity index (χ4n) is 3.09. The second-order valence-corrected chi connectivity index (χ2v) is 6.45. The first-order valence-electron chi connectivity index (χ1n) is 8.66. The molecule has 0 aliphatic carbocycles. The molecule has 0 fully saturated rings. The highest BCUT2D eigenvalue weighted by atomic mass is 16.5. The summed E-state index contributed by atoms with van der Waals surface area (Å²) in [5.41, 5.74) is 3.30. The largest absolute Gasteiger partial charge is 0.492 e. The van der Waals surface area contributed by atoms with Crippen LogP contribution in [-0.4, -0.2) is 27.3 Å². The highest BCUT2D eigenvalue weighted by Crippen LogP contribution is 2.26. The molecule has 0 bridgehead atoms. The predicted molar refractivity (Wildman–Crippen MR) is 96.5 cm³/mol. The van der Waals surface area contributed by atoms with Crippen LogP contribution in [0.2, 0.25) is 0 Å². The minimum absolute atomic E-state index is 0.0335. The van der Waals surface area contributed by atoms with E-state index in [4.69, 9.17) is 4.74 Å². The fraction of sp³-hybridized carbons (Fsp3) is 0.250. The Morgan fingerprint density at radius 1 is 1.15 bits per heavy atom. The number of hydrogen-bond acceptors (Lipinski definition) is 4. The van der Waals surface area contributed by atoms with E-state index >= 15 is 0 Å². The maximum atomic E-state index is 12.5. The number of nitrogens with one attached hydrogen (secondary N) is 1. The maximum absolute atomic E-state index is 12.5. The average Bonchev–Trinajstić information content (AvgIpc) is 3.20. The molecule has 1 aliphatic rings. The quantitative estimate of drug-likeness (QED) is 0.767. The highest BCUT2D eigenvalue weighted by Gasteiger charge is 2.25. The Balaban J connectivity index is 1.30. The average molecular weight is 348 g/mol. The lowest BCUT2D eigenvalue weighted by molar-refractivity contribution is -0.126. The first kappa shape index (κ1) is 16.3. The fourth-order valence-corrected chi connectivity index (χ4v) is 3.09. The molecule has 1 amide bonds. The molecule has 26 heavy (non-hydrogen) atoms. The third-order valence-electron chi connectivity index (χ3n) is 4.55. The van der Waals surface area contributed by atoms with Gasteiger partial charge in [-0.1, -0.05) is 42.5 Å². The normalized spacial score (nSPS) is 15.8. The Hall–Kier alpha value is -3.15. The van der Waals surface area contributed by atoms with Gasteiger partial charge in [0.15, 0.2) is 0 Å². The molecule has 3 aromatic rings. The van der Waals surface area contributed by atoms with Gasteiger partial charge in [-0.15, -0.1) is 0 Å². The Kier molecular flexibility index (Phi) is 4.64. The summed E-state index contributed by atoms with van der Waals surface area (Å²) in [5.74, 6) is 0.780. The van der Waals surface area contributed by atoms with Gasteiger partial charge in [0.1, 0.15) is 25.0 Å². The molecule has 132 valence electrons. The van der Waals surface area contributed by atoms with Crippen molar-refractivity contribution >= 4 is 5.91 Å². The van der Waals surface area contributed by atoms with Crippen LogP contribution in [-0.2, 0) is 24.3 Å². The van der Waals surface area contributed by atoms with E-state index in [2.05, 4.69) is 15.4 Å². The minimum atomic E-state index is -0.142. The Morgan fingerprint density at radius 2 is 1.96 bits per heavy atom. The molecule has 0 spiro atoms. The van der Waals surface area contributed by atoms with Crippen molar-refractivity contribution in [1.82, 2.24) is 20.1 Å². The van der Waals surface area contributed by atoms with Crippen molar-refractivity contribution in [3.05, 3.63) is 77.9 Å². The van der Waals surface area contributed by atoms with Crippen LogP contribution in [0.4, 0.5) is 0 Å². The van der Waals surface area contributed by atoms with Crippen LogP contribution in [0.1, 0.15) is 16.7 Å². The summed E-state index contributed by atoms with van der Waals surface area (Å²) >= 11 is 0. The van der Waals surface area contributed by atoms with Crippen molar-refractivity contribution in [2.24, 2.45) is 5.92 Å². The Labute approximate surface area is 151 Å². The van der Waals surface area contributed by atoms with Gasteiger partial charge in [0, 0.05) is 6.54 Å². The number of fused-ring (bicyclic) bond motifs is 1. The molecule has 4 rings (SSSR count). The second kappa shape index (κ2) is 7.39. The molecule has 2 heterocycles. The van der Waals surface area contributed by atoms with Crippen molar-refractivity contribution in [2.75, 3.05) is 6.61 Å². The van der Waals surface area contributed by atoms with Crippen LogP contribution in [0, 0.1) is 5.92 Å². The van der Waals surface area contributed by atoms with E-state index in [0.717, 1.165) is 28.9 Å². The van der Waals surface area contributed by atoms with Crippen LogP contribution in [0.5, 0.6) is 5.75 Å². The maximum Gasteiger partial charge on any atom is 0.227 e. The molecule has 6 heteroatoms. The number of benzene rings is 2. The van der Waals surface area contributed by atoms with E-state index in [1.54, 1.807) is 11.0 Å². The summed E-state index contributed by atoms with van der Waals surface area (Å²) in [5, 5.41) is 7.12. The summed E-state index contributed by atoms with van der Waals surface area (Å²) in [6, 6.07) is 16.0. The molecule has 1 unspecified atom stereocenters. The number of carbonyl (C=O) groups is 1. The lowest BCUT2D eigenvalue weighted by atomic mass is 9.96. The van der Waals surface area contributed by atoms with Gasteiger partial charge in [-0.2, -0.15) is 5.10 Å². The van der Waals surface area contributed by atoms with E-state index in [0.29, 0.717) is 19.7 Å². The van der Waals surface area contributed by atoms with Crippen LogP contribution in [0.15, 0.2) is 61.2 Å². The van der Waals surface area contributed by atoms with Crippen molar-refractivity contribution < 1.29 is 9.53 Å². The second-order valence-electron chi connectivity index (χ2n) is 6.45.